The number of hydrogen-bond acceptors (Lipinski definition) is 6. The molecule has 9 nitrogen and oxygen atoms in total. The zero-order chi connectivity index (χ0) is 23.0. The molecule has 2 amide bonds. The molecule has 1 fully saturated rings. The van der Waals surface area contributed by atoms with E-state index in [9.17, 15) is 22.8 Å². The maximum Gasteiger partial charge on any atom is 0.321 e. The molecular weight excluding hydrogens is 434 g/mol. The molecular formula is C22H23N3O6S. The molecule has 168 valence electrons. The van der Waals surface area contributed by atoms with Crippen molar-refractivity contribution in [2.24, 2.45) is 0 Å². The van der Waals surface area contributed by atoms with Crippen LogP contribution in [0.4, 0.5) is 5.69 Å². The second kappa shape index (κ2) is 10.7. The van der Waals surface area contributed by atoms with Gasteiger partial charge < -0.3 is 15.4 Å². The average molecular weight is 458 g/mol. The molecule has 0 radical (unpaired) electrons. The number of nitrogens with one attached hydrogen (secondary N) is 3. The Morgan fingerprint density at radius 3 is 2.41 bits per heavy atom. The Kier molecular flexibility index (Phi) is 7.74. The number of anilines is 1. The lowest BCUT2D eigenvalue weighted by Gasteiger charge is -2.11. The van der Waals surface area contributed by atoms with Crippen LogP contribution in [0.2, 0.25) is 0 Å². The van der Waals surface area contributed by atoms with Gasteiger partial charge in [-0.25, -0.2) is 13.1 Å². The minimum atomic E-state index is -3.86. The van der Waals surface area contributed by atoms with Crippen LogP contribution in [0.15, 0.2) is 60.0 Å². The highest BCUT2D eigenvalue weighted by atomic mass is 32.2. The summed E-state index contributed by atoms with van der Waals surface area (Å²) in [5, 5.41) is 6.30. The highest BCUT2D eigenvalue weighted by Crippen LogP contribution is 2.21. The summed E-state index contributed by atoms with van der Waals surface area (Å²) in [6.07, 6.45) is 3.25. The molecule has 0 saturated heterocycles. The molecule has 1 aliphatic rings. The van der Waals surface area contributed by atoms with Crippen molar-refractivity contribution in [3.8, 4) is 0 Å². The van der Waals surface area contributed by atoms with Crippen LogP contribution in [0.3, 0.4) is 0 Å². The summed E-state index contributed by atoms with van der Waals surface area (Å²) in [4.78, 5) is 36.2. The summed E-state index contributed by atoms with van der Waals surface area (Å²) >= 11 is 0. The lowest BCUT2D eigenvalue weighted by Crippen LogP contribution is -2.31. The van der Waals surface area contributed by atoms with Crippen LogP contribution in [0.5, 0.6) is 0 Å². The first kappa shape index (κ1) is 23.2. The van der Waals surface area contributed by atoms with Gasteiger partial charge in [-0.05, 0) is 36.6 Å². The maximum atomic E-state index is 12.3. The van der Waals surface area contributed by atoms with E-state index in [2.05, 4.69) is 15.4 Å². The Morgan fingerprint density at radius 2 is 1.69 bits per heavy atom. The number of para-hydroxylation sites is 1. The van der Waals surface area contributed by atoms with Crippen molar-refractivity contribution in [2.75, 3.05) is 18.5 Å². The third kappa shape index (κ3) is 7.64. The number of benzene rings is 2. The number of carbonyl (C=O) groups is 3. The van der Waals surface area contributed by atoms with Crippen LogP contribution < -0.4 is 15.4 Å². The fourth-order valence-corrected chi connectivity index (χ4v) is 3.36. The Hall–Kier alpha value is -3.50. The van der Waals surface area contributed by atoms with Gasteiger partial charge in [-0.15, -0.1) is 0 Å². The van der Waals surface area contributed by atoms with Crippen molar-refractivity contribution < 1.29 is 27.5 Å². The molecule has 3 rings (SSSR count). The molecule has 0 heterocycles. The molecule has 10 heteroatoms. The molecule has 1 aliphatic carbocycles. The molecule has 2 aromatic rings. The Balaban J connectivity index is 1.44. The van der Waals surface area contributed by atoms with Crippen molar-refractivity contribution in [1.29, 1.82) is 0 Å². The molecule has 0 spiro atoms. The Bertz CT molecular complexity index is 1110. The van der Waals surface area contributed by atoms with E-state index in [-0.39, 0.29) is 11.9 Å². The summed E-state index contributed by atoms with van der Waals surface area (Å²) < 4.78 is 30.8. The van der Waals surface area contributed by atoms with E-state index in [1.54, 1.807) is 54.6 Å². The average Bonchev–Trinajstić information content (AvgIpc) is 3.60. The molecule has 0 unspecified atom stereocenters. The summed E-state index contributed by atoms with van der Waals surface area (Å²) in [6.45, 7) is -1.26. The van der Waals surface area contributed by atoms with E-state index in [4.69, 9.17) is 4.74 Å². The predicted octanol–water partition coefficient (Wildman–Crippen LogP) is 1.65. The molecule has 3 N–H and O–H groups in total. The third-order valence-corrected chi connectivity index (χ3v) is 5.42. The van der Waals surface area contributed by atoms with Gasteiger partial charge in [0.2, 0.25) is 10.0 Å². The number of esters is 1. The van der Waals surface area contributed by atoms with Crippen LogP contribution in [0.1, 0.15) is 28.8 Å². The molecule has 0 atom stereocenters. The molecule has 0 aliphatic heterocycles. The van der Waals surface area contributed by atoms with E-state index in [0.717, 1.165) is 18.2 Å². The second-order valence-corrected chi connectivity index (χ2v) is 8.73. The molecule has 32 heavy (non-hydrogen) atoms. The summed E-state index contributed by atoms with van der Waals surface area (Å²) in [5.74, 6) is -1.87. The monoisotopic (exact) mass is 457 g/mol. The van der Waals surface area contributed by atoms with E-state index < -0.39 is 35.1 Å². The Labute approximate surface area is 185 Å². The van der Waals surface area contributed by atoms with Gasteiger partial charge in [0.15, 0.2) is 6.61 Å². The van der Waals surface area contributed by atoms with Gasteiger partial charge in [0.25, 0.3) is 11.8 Å². The van der Waals surface area contributed by atoms with Gasteiger partial charge in [-0.1, -0.05) is 42.5 Å². The SMILES string of the molecule is O=C(COC(=O)CNS(=O)(=O)C=Cc1ccccc1)Nc1ccccc1C(=O)NC1CC1. The van der Waals surface area contributed by atoms with Gasteiger partial charge in [-0.2, -0.15) is 0 Å². The first-order chi connectivity index (χ1) is 15.3. The van der Waals surface area contributed by atoms with E-state index >= 15 is 0 Å². The van der Waals surface area contributed by atoms with Crippen molar-refractivity contribution in [1.82, 2.24) is 10.0 Å². The number of carbonyl (C=O) groups excluding carboxylic acids is 3. The van der Waals surface area contributed by atoms with Gasteiger partial charge in [-0.3, -0.25) is 14.4 Å². The molecule has 0 aromatic heterocycles. The highest BCUT2D eigenvalue weighted by molar-refractivity contribution is 7.92. The highest BCUT2D eigenvalue weighted by Gasteiger charge is 2.25. The van der Waals surface area contributed by atoms with Gasteiger partial charge in [0.05, 0.1) is 11.3 Å². The topological polar surface area (TPSA) is 131 Å². The fourth-order valence-electron chi connectivity index (χ4n) is 2.60. The number of rotatable bonds is 10. The van der Waals surface area contributed by atoms with Crippen molar-refractivity contribution in [3.05, 3.63) is 71.1 Å². The molecule has 1 saturated carbocycles. The minimum absolute atomic E-state index is 0.165. The van der Waals surface area contributed by atoms with Crippen LogP contribution >= 0.6 is 0 Å². The van der Waals surface area contributed by atoms with Crippen LogP contribution in [-0.4, -0.2) is 45.4 Å². The summed E-state index contributed by atoms with van der Waals surface area (Å²) in [5.41, 5.74) is 1.28. The normalized spacial score (nSPS) is 13.5. The summed E-state index contributed by atoms with van der Waals surface area (Å²) in [7, 11) is -3.86. The van der Waals surface area contributed by atoms with Crippen LogP contribution in [0, 0.1) is 0 Å². The lowest BCUT2D eigenvalue weighted by atomic mass is 10.1. The van der Waals surface area contributed by atoms with Crippen molar-refractivity contribution in [3.63, 3.8) is 0 Å². The van der Waals surface area contributed by atoms with Crippen molar-refractivity contribution >= 4 is 39.6 Å². The smallest absolute Gasteiger partial charge is 0.321 e. The first-order valence-corrected chi connectivity index (χ1v) is 11.5. The number of amides is 2. The van der Waals surface area contributed by atoms with Crippen LogP contribution in [0.25, 0.3) is 6.08 Å². The minimum Gasteiger partial charge on any atom is -0.455 e. The van der Waals surface area contributed by atoms with E-state index in [1.807, 2.05) is 0 Å². The van der Waals surface area contributed by atoms with Gasteiger partial charge >= 0.3 is 5.97 Å². The maximum absolute atomic E-state index is 12.3. The third-order valence-electron chi connectivity index (χ3n) is 4.38. The first-order valence-electron chi connectivity index (χ1n) is 9.90. The number of hydrogen-bond donors (Lipinski definition) is 3. The van der Waals surface area contributed by atoms with Crippen LogP contribution in [-0.2, 0) is 24.3 Å². The fraction of sp³-hybridized carbons (Fsp3) is 0.227. The van der Waals surface area contributed by atoms with E-state index in [1.165, 1.54) is 6.08 Å². The summed E-state index contributed by atoms with van der Waals surface area (Å²) in [6, 6.07) is 15.4. The number of ether oxygens (including phenoxy) is 1. The second-order valence-electron chi connectivity index (χ2n) is 7.08. The van der Waals surface area contributed by atoms with E-state index in [0.29, 0.717) is 16.8 Å². The standard InChI is InChI=1S/C22H23N3O6S/c26-20(25-19-9-5-4-8-18(19)22(28)24-17-10-11-17)15-31-21(27)14-23-32(29,30)13-12-16-6-2-1-3-7-16/h1-9,12-13,17,23H,10-11,14-15H2,(H,24,28)(H,25,26). The zero-order valence-electron chi connectivity index (χ0n) is 17.1. The number of sulfonamides is 1. The molecule has 0 bridgehead atoms. The molecule has 2 aromatic carbocycles. The van der Waals surface area contributed by atoms with Gasteiger partial charge in [0.1, 0.15) is 6.54 Å². The van der Waals surface area contributed by atoms with Gasteiger partial charge in [0, 0.05) is 11.4 Å². The predicted molar refractivity (Wildman–Crippen MR) is 119 cm³/mol. The van der Waals surface area contributed by atoms with Crippen molar-refractivity contribution in [2.45, 2.75) is 18.9 Å². The lowest BCUT2D eigenvalue weighted by molar-refractivity contribution is -0.146. The quantitative estimate of drug-likeness (QED) is 0.465. The zero-order valence-corrected chi connectivity index (χ0v) is 17.9. The largest absolute Gasteiger partial charge is 0.455 e. The Morgan fingerprint density at radius 1 is 1.00 bits per heavy atom.